The van der Waals surface area contributed by atoms with Crippen LogP contribution in [-0.2, 0) is 9.53 Å². The monoisotopic (exact) mass is 427 g/mol. The standard InChI is InChI=1S/C23H29N3O5/c1-14-24-19(11-22(27)25-14)18-13-26(23(28)15-6-8-31-9-7-15)12-17(18)16-4-5-20(29-2)21(10-16)30-3/h4-5,10-11,15,17-18H,6-9,12-13H2,1-3H3,(H,24,25,27)/t17-,18+/m0/s1. The topological polar surface area (TPSA) is 93.8 Å². The normalized spacial score (nSPS) is 21.8. The zero-order valence-electron chi connectivity index (χ0n) is 18.2. The van der Waals surface area contributed by atoms with Crippen molar-refractivity contribution in [1.82, 2.24) is 14.9 Å². The van der Waals surface area contributed by atoms with Crippen LogP contribution in [0.1, 0.15) is 41.8 Å². The van der Waals surface area contributed by atoms with Crippen LogP contribution in [-0.4, -0.2) is 61.3 Å². The molecule has 0 spiro atoms. The number of H-pyrrole nitrogens is 1. The second-order valence-corrected chi connectivity index (χ2v) is 8.21. The number of rotatable bonds is 5. The Morgan fingerprint density at radius 1 is 1.10 bits per heavy atom. The van der Waals surface area contributed by atoms with Crippen molar-refractivity contribution >= 4 is 5.91 Å². The molecule has 8 heteroatoms. The molecule has 2 fully saturated rings. The number of carbonyl (C=O) groups excluding carboxylic acids is 1. The number of benzene rings is 1. The van der Waals surface area contributed by atoms with Crippen LogP contribution in [0.2, 0.25) is 0 Å². The number of ether oxygens (including phenoxy) is 3. The maximum absolute atomic E-state index is 13.2. The molecule has 8 nitrogen and oxygen atoms in total. The number of nitrogens with one attached hydrogen (secondary N) is 1. The molecule has 2 aromatic rings. The predicted octanol–water partition coefficient (Wildman–Crippen LogP) is 2.23. The summed E-state index contributed by atoms with van der Waals surface area (Å²) in [6.45, 7) is 4.13. The van der Waals surface area contributed by atoms with Gasteiger partial charge in [0.2, 0.25) is 5.91 Å². The van der Waals surface area contributed by atoms with Crippen molar-refractivity contribution in [1.29, 1.82) is 0 Å². The maximum atomic E-state index is 13.2. The summed E-state index contributed by atoms with van der Waals surface area (Å²) in [5.74, 6) is 1.94. The first-order chi connectivity index (χ1) is 15.0. The van der Waals surface area contributed by atoms with Gasteiger partial charge in [0.1, 0.15) is 5.82 Å². The molecule has 0 unspecified atom stereocenters. The highest BCUT2D eigenvalue weighted by atomic mass is 16.5. The SMILES string of the molecule is COc1ccc([C@@H]2CN(C(=O)C3CCOCC3)C[C@H]2c2cc(=O)[nH]c(C)n2)cc1OC. The highest BCUT2D eigenvalue weighted by Crippen LogP contribution is 2.42. The first-order valence-electron chi connectivity index (χ1n) is 10.7. The number of amides is 1. The molecule has 2 aliphatic rings. The Balaban J connectivity index is 1.69. The minimum Gasteiger partial charge on any atom is -0.493 e. The molecule has 0 saturated carbocycles. The molecule has 2 atom stereocenters. The number of likely N-dealkylation sites (tertiary alicyclic amines) is 1. The van der Waals surface area contributed by atoms with Crippen molar-refractivity contribution in [3.8, 4) is 11.5 Å². The molecular weight excluding hydrogens is 398 g/mol. The first-order valence-corrected chi connectivity index (χ1v) is 10.7. The van der Waals surface area contributed by atoms with Gasteiger partial charge in [-0.25, -0.2) is 4.98 Å². The number of nitrogens with zero attached hydrogens (tertiary/aromatic N) is 2. The lowest BCUT2D eigenvalue weighted by Crippen LogP contribution is -2.37. The molecule has 1 amide bonds. The summed E-state index contributed by atoms with van der Waals surface area (Å²) in [5.41, 5.74) is 1.57. The fourth-order valence-electron chi connectivity index (χ4n) is 4.70. The highest BCUT2D eigenvalue weighted by Gasteiger charge is 2.40. The number of aromatic nitrogens is 2. The summed E-state index contributed by atoms with van der Waals surface area (Å²) in [4.78, 5) is 34.6. The molecule has 166 valence electrons. The molecule has 0 bridgehead atoms. The number of aromatic amines is 1. The molecular formula is C23H29N3O5. The number of hydrogen-bond acceptors (Lipinski definition) is 6. The fraction of sp³-hybridized carbons (Fsp3) is 0.522. The van der Waals surface area contributed by atoms with Crippen molar-refractivity contribution in [2.75, 3.05) is 40.5 Å². The van der Waals surface area contributed by atoms with E-state index in [-0.39, 0.29) is 29.2 Å². The third-order valence-corrected chi connectivity index (χ3v) is 6.30. The average molecular weight is 428 g/mol. The van der Waals surface area contributed by atoms with Crippen LogP contribution in [0.4, 0.5) is 0 Å². The van der Waals surface area contributed by atoms with Gasteiger partial charge in [0.25, 0.3) is 5.56 Å². The third kappa shape index (κ3) is 4.44. The molecule has 2 aliphatic heterocycles. The van der Waals surface area contributed by atoms with E-state index < -0.39 is 0 Å². The van der Waals surface area contributed by atoms with Crippen LogP contribution < -0.4 is 15.0 Å². The van der Waals surface area contributed by atoms with Crippen LogP contribution in [0.25, 0.3) is 0 Å². The Kier molecular flexibility index (Phi) is 6.27. The van der Waals surface area contributed by atoms with Crippen LogP contribution in [0.5, 0.6) is 11.5 Å². The summed E-state index contributed by atoms with van der Waals surface area (Å²) in [6.07, 6.45) is 1.51. The predicted molar refractivity (Wildman–Crippen MR) is 115 cm³/mol. The average Bonchev–Trinajstić information content (AvgIpc) is 3.23. The molecule has 1 aromatic carbocycles. The largest absolute Gasteiger partial charge is 0.493 e. The van der Waals surface area contributed by atoms with E-state index in [0.717, 1.165) is 18.4 Å². The fourth-order valence-corrected chi connectivity index (χ4v) is 4.70. The lowest BCUT2D eigenvalue weighted by atomic mass is 9.86. The van der Waals surface area contributed by atoms with Crippen LogP contribution in [0, 0.1) is 12.8 Å². The molecule has 1 aromatic heterocycles. The van der Waals surface area contributed by atoms with Gasteiger partial charge in [-0.1, -0.05) is 6.07 Å². The van der Waals surface area contributed by atoms with Gasteiger partial charge < -0.3 is 24.1 Å². The van der Waals surface area contributed by atoms with E-state index in [2.05, 4.69) is 9.97 Å². The van der Waals surface area contributed by atoms with E-state index in [9.17, 15) is 9.59 Å². The smallest absolute Gasteiger partial charge is 0.251 e. The summed E-state index contributed by atoms with van der Waals surface area (Å²) in [5, 5.41) is 0. The third-order valence-electron chi connectivity index (χ3n) is 6.30. The molecule has 0 radical (unpaired) electrons. The van der Waals surface area contributed by atoms with Gasteiger partial charge in [0.15, 0.2) is 11.5 Å². The highest BCUT2D eigenvalue weighted by molar-refractivity contribution is 5.79. The van der Waals surface area contributed by atoms with Gasteiger partial charge in [-0.05, 0) is 37.5 Å². The lowest BCUT2D eigenvalue weighted by molar-refractivity contribution is -0.137. The van der Waals surface area contributed by atoms with Crippen molar-refractivity contribution in [2.45, 2.75) is 31.6 Å². The zero-order chi connectivity index (χ0) is 22.0. The Hall–Kier alpha value is -2.87. The summed E-state index contributed by atoms with van der Waals surface area (Å²) >= 11 is 0. The molecule has 2 saturated heterocycles. The number of aryl methyl sites for hydroxylation is 1. The Morgan fingerprint density at radius 2 is 1.81 bits per heavy atom. The summed E-state index contributed by atoms with van der Waals surface area (Å²) < 4.78 is 16.3. The molecule has 0 aliphatic carbocycles. The van der Waals surface area contributed by atoms with Gasteiger partial charge in [-0.3, -0.25) is 9.59 Å². The summed E-state index contributed by atoms with van der Waals surface area (Å²) in [7, 11) is 3.21. The van der Waals surface area contributed by atoms with E-state index in [1.54, 1.807) is 27.2 Å². The van der Waals surface area contributed by atoms with Crippen molar-refractivity contribution < 1.29 is 19.0 Å². The van der Waals surface area contributed by atoms with E-state index in [4.69, 9.17) is 14.2 Å². The second-order valence-electron chi connectivity index (χ2n) is 8.21. The van der Waals surface area contributed by atoms with Crippen LogP contribution in [0.3, 0.4) is 0 Å². The maximum Gasteiger partial charge on any atom is 0.251 e. The first kappa shape index (κ1) is 21.4. The number of carbonyl (C=O) groups is 1. The Morgan fingerprint density at radius 3 is 2.48 bits per heavy atom. The van der Waals surface area contributed by atoms with Crippen molar-refractivity contribution in [3.05, 3.63) is 51.7 Å². The van der Waals surface area contributed by atoms with Crippen LogP contribution in [0.15, 0.2) is 29.1 Å². The van der Waals surface area contributed by atoms with Gasteiger partial charge in [0.05, 0.1) is 19.9 Å². The quantitative estimate of drug-likeness (QED) is 0.787. The van der Waals surface area contributed by atoms with Gasteiger partial charge in [-0.15, -0.1) is 0 Å². The molecule has 31 heavy (non-hydrogen) atoms. The van der Waals surface area contributed by atoms with E-state index in [1.807, 2.05) is 23.1 Å². The van der Waals surface area contributed by atoms with E-state index in [0.29, 0.717) is 49.3 Å². The minimum atomic E-state index is -0.178. The number of methoxy groups -OCH3 is 2. The molecule has 3 heterocycles. The van der Waals surface area contributed by atoms with Crippen LogP contribution >= 0.6 is 0 Å². The number of hydrogen-bond donors (Lipinski definition) is 1. The summed E-state index contributed by atoms with van der Waals surface area (Å²) in [6, 6.07) is 7.39. The van der Waals surface area contributed by atoms with Gasteiger partial charge in [0, 0.05) is 50.1 Å². The zero-order valence-corrected chi connectivity index (χ0v) is 18.2. The molecule has 1 N–H and O–H groups in total. The van der Waals surface area contributed by atoms with Gasteiger partial charge in [-0.2, -0.15) is 0 Å². The minimum absolute atomic E-state index is 0.00250. The lowest BCUT2D eigenvalue weighted by Gasteiger charge is -2.26. The van der Waals surface area contributed by atoms with Gasteiger partial charge >= 0.3 is 0 Å². The Labute approximate surface area is 181 Å². The van der Waals surface area contributed by atoms with E-state index >= 15 is 0 Å². The second kappa shape index (κ2) is 9.09. The van der Waals surface area contributed by atoms with Crippen molar-refractivity contribution in [2.24, 2.45) is 5.92 Å². The van der Waals surface area contributed by atoms with E-state index in [1.165, 1.54) is 0 Å². The molecule has 4 rings (SSSR count). The Bertz CT molecular complexity index is 999. The van der Waals surface area contributed by atoms with Crippen molar-refractivity contribution in [3.63, 3.8) is 0 Å².